The van der Waals surface area contributed by atoms with Crippen molar-refractivity contribution in [2.24, 2.45) is 5.92 Å². The molecule has 3 N–H and O–H groups in total. The minimum Gasteiger partial charge on any atom is -0.323 e. The van der Waals surface area contributed by atoms with Gasteiger partial charge in [-0.1, -0.05) is 13.8 Å². The molecular formula is C8H18NO3PS. The summed E-state index contributed by atoms with van der Waals surface area (Å²) in [6.45, 7) is 7.83. The summed E-state index contributed by atoms with van der Waals surface area (Å²) in [5.41, 5.74) is 0. The first kappa shape index (κ1) is 12.5. The topological polar surface area (TPSA) is 69.6 Å². The van der Waals surface area contributed by atoms with Crippen LogP contribution in [0.15, 0.2) is 0 Å². The van der Waals surface area contributed by atoms with Crippen molar-refractivity contribution in [3.63, 3.8) is 0 Å². The number of thioether (sulfide) groups is 1. The van der Waals surface area contributed by atoms with Crippen molar-refractivity contribution in [1.29, 1.82) is 0 Å². The Kier molecular flexibility index (Phi) is 3.40. The highest BCUT2D eigenvalue weighted by atomic mass is 32.2. The van der Waals surface area contributed by atoms with Gasteiger partial charge < -0.3 is 9.79 Å². The molecule has 2 unspecified atom stereocenters. The van der Waals surface area contributed by atoms with E-state index in [-0.39, 0.29) is 5.37 Å². The molecule has 0 aromatic heterocycles. The number of nitrogens with one attached hydrogen (secondary N) is 1. The highest BCUT2D eigenvalue weighted by molar-refractivity contribution is 8.01. The van der Waals surface area contributed by atoms with E-state index in [4.69, 9.17) is 0 Å². The molecule has 1 fully saturated rings. The summed E-state index contributed by atoms with van der Waals surface area (Å²) >= 11 is 1.61. The van der Waals surface area contributed by atoms with Crippen LogP contribution in [0.3, 0.4) is 0 Å². The summed E-state index contributed by atoms with van der Waals surface area (Å²) < 4.78 is 10.8. The van der Waals surface area contributed by atoms with Crippen molar-refractivity contribution < 1.29 is 14.4 Å². The normalized spacial score (nSPS) is 32.5. The Morgan fingerprint density at radius 1 is 1.43 bits per heavy atom. The fourth-order valence-electron chi connectivity index (χ4n) is 1.61. The van der Waals surface area contributed by atoms with Crippen LogP contribution in [-0.2, 0) is 4.57 Å². The van der Waals surface area contributed by atoms with Crippen LogP contribution < -0.4 is 5.32 Å². The van der Waals surface area contributed by atoms with Crippen LogP contribution in [0.2, 0.25) is 0 Å². The minimum absolute atomic E-state index is 0.127. The van der Waals surface area contributed by atoms with Gasteiger partial charge in [-0.25, -0.2) is 0 Å². The van der Waals surface area contributed by atoms with Gasteiger partial charge in [0.05, 0.1) is 5.37 Å². The van der Waals surface area contributed by atoms with E-state index in [0.29, 0.717) is 5.92 Å². The van der Waals surface area contributed by atoms with Crippen LogP contribution in [0.4, 0.5) is 0 Å². The lowest BCUT2D eigenvalue weighted by Crippen LogP contribution is -2.38. The average Bonchev–Trinajstić information content (AvgIpc) is 2.24. The standard InChI is InChI=1S/C8H18NO3PS/c1-5(2)6-9-7(13(10,11)12)8(3,4)14-6/h5-7,9H,1-4H3,(H2,10,11,12). The Balaban J connectivity index is 2.85. The molecular weight excluding hydrogens is 221 g/mol. The molecule has 1 heterocycles. The Bertz CT molecular complexity index is 263. The third-order valence-corrected chi connectivity index (χ3v) is 5.77. The summed E-state index contributed by atoms with van der Waals surface area (Å²) in [5.74, 6) is -0.358. The van der Waals surface area contributed by atoms with Crippen molar-refractivity contribution >= 4 is 19.4 Å². The number of hydrogen-bond donors (Lipinski definition) is 3. The van der Waals surface area contributed by atoms with Crippen molar-refractivity contribution in [2.45, 2.75) is 43.6 Å². The molecule has 0 bridgehead atoms. The first-order chi connectivity index (χ1) is 6.14. The third kappa shape index (κ3) is 2.52. The van der Waals surface area contributed by atoms with E-state index in [0.717, 1.165) is 0 Å². The molecule has 0 aliphatic carbocycles. The first-order valence-corrected chi connectivity index (χ1v) is 7.20. The summed E-state index contributed by atoms with van der Waals surface area (Å²) in [6.07, 6.45) is 0. The van der Waals surface area contributed by atoms with Gasteiger partial charge >= 0.3 is 7.60 Å². The summed E-state index contributed by atoms with van der Waals surface area (Å²) in [7, 11) is -4.04. The highest BCUT2D eigenvalue weighted by Gasteiger charge is 2.50. The van der Waals surface area contributed by atoms with Gasteiger partial charge in [-0.3, -0.25) is 9.88 Å². The summed E-state index contributed by atoms with van der Waals surface area (Å²) in [5, 5.41) is 3.15. The molecule has 0 radical (unpaired) electrons. The Labute approximate surface area is 89.0 Å². The van der Waals surface area contributed by atoms with Crippen LogP contribution in [0.1, 0.15) is 27.7 Å². The van der Waals surface area contributed by atoms with Crippen molar-refractivity contribution in [3.05, 3.63) is 0 Å². The van der Waals surface area contributed by atoms with E-state index < -0.39 is 18.1 Å². The van der Waals surface area contributed by atoms with Crippen molar-refractivity contribution in [1.82, 2.24) is 5.32 Å². The largest absolute Gasteiger partial charge is 0.343 e. The lowest BCUT2D eigenvalue weighted by atomic mass is 10.2. The molecule has 0 aromatic carbocycles. The lowest BCUT2D eigenvalue weighted by molar-refractivity contribution is 0.333. The maximum Gasteiger partial charge on any atom is 0.343 e. The number of rotatable bonds is 2. The van der Waals surface area contributed by atoms with E-state index in [9.17, 15) is 14.4 Å². The average molecular weight is 239 g/mol. The summed E-state index contributed by atoms with van der Waals surface area (Å²) in [4.78, 5) is 18.4. The highest BCUT2D eigenvalue weighted by Crippen LogP contribution is 2.55. The van der Waals surface area contributed by atoms with Crippen LogP contribution >= 0.6 is 19.4 Å². The van der Waals surface area contributed by atoms with Gasteiger partial charge in [0.2, 0.25) is 0 Å². The van der Waals surface area contributed by atoms with E-state index >= 15 is 0 Å². The zero-order valence-corrected chi connectivity index (χ0v) is 10.6. The second-order valence-corrected chi connectivity index (χ2v) is 8.03. The van der Waals surface area contributed by atoms with E-state index in [1.165, 1.54) is 0 Å². The molecule has 2 atom stereocenters. The molecule has 4 nitrogen and oxygen atoms in total. The second-order valence-electron chi connectivity index (χ2n) is 4.54. The zero-order chi connectivity index (χ0) is 11.1. The molecule has 1 rings (SSSR count). The molecule has 1 aliphatic rings. The molecule has 0 spiro atoms. The van der Waals surface area contributed by atoms with Gasteiger partial charge in [-0.05, 0) is 19.8 Å². The van der Waals surface area contributed by atoms with Gasteiger partial charge in [-0.15, -0.1) is 11.8 Å². The molecule has 14 heavy (non-hydrogen) atoms. The first-order valence-electron chi connectivity index (χ1n) is 4.63. The Morgan fingerprint density at radius 2 is 1.93 bits per heavy atom. The molecule has 84 valence electrons. The third-order valence-electron chi connectivity index (χ3n) is 2.35. The monoisotopic (exact) mass is 239 g/mol. The molecule has 1 saturated heterocycles. The van der Waals surface area contributed by atoms with Crippen molar-refractivity contribution in [2.75, 3.05) is 0 Å². The molecule has 0 saturated carbocycles. The van der Waals surface area contributed by atoms with Crippen LogP contribution in [-0.4, -0.2) is 25.7 Å². The van der Waals surface area contributed by atoms with E-state index in [1.807, 2.05) is 27.7 Å². The predicted molar refractivity (Wildman–Crippen MR) is 59.3 cm³/mol. The molecule has 6 heteroatoms. The fraction of sp³-hybridized carbons (Fsp3) is 1.00. The van der Waals surface area contributed by atoms with Crippen LogP contribution in [0.25, 0.3) is 0 Å². The van der Waals surface area contributed by atoms with Crippen LogP contribution in [0, 0.1) is 5.92 Å². The van der Waals surface area contributed by atoms with Gasteiger partial charge in [0.25, 0.3) is 0 Å². The molecule has 1 aliphatic heterocycles. The van der Waals surface area contributed by atoms with Crippen molar-refractivity contribution in [3.8, 4) is 0 Å². The quantitative estimate of drug-likeness (QED) is 0.638. The number of hydrogen-bond acceptors (Lipinski definition) is 3. The van der Waals surface area contributed by atoms with E-state index in [1.54, 1.807) is 11.8 Å². The molecule has 0 amide bonds. The van der Waals surface area contributed by atoms with Gasteiger partial charge in [0.1, 0.15) is 5.78 Å². The van der Waals surface area contributed by atoms with Gasteiger partial charge in [-0.2, -0.15) is 0 Å². The predicted octanol–water partition coefficient (Wildman–Crippen LogP) is 1.59. The Hall–Kier alpha value is 0.460. The fourth-order valence-corrected chi connectivity index (χ4v) is 4.80. The van der Waals surface area contributed by atoms with Gasteiger partial charge in [0, 0.05) is 4.75 Å². The Morgan fingerprint density at radius 3 is 2.14 bits per heavy atom. The second kappa shape index (κ2) is 3.80. The lowest BCUT2D eigenvalue weighted by Gasteiger charge is -2.25. The smallest absolute Gasteiger partial charge is 0.323 e. The minimum atomic E-state index is -4.04. The maximum absolute atomic E-state index is 11.2. The van der Waals surface area contributed by atoms with Crippen LogP contribution in [0.5, 0.6) is 0 Å². The zero-order valence-electron chi connectivity index (χ0n) is 8.89. The maximum atomic E-state index is 11.2. The summed E-state index contributed by atoms with van der Waals surface area (Å²) in [6, 6.07) is 0. The SMILES string of the molecule is CC(C)C1NC(P(=O)(O)O)C(C)(C)S1. The van der Waals surface area contributed by atoms with E-state index in [2.05, 4.69) is 5.32 Å². The molecule has 0 aromatic rings. The van der Waals surface area contributed by atoms with Gasteiger partial charge in [0.15, 0.2) is 0 Å².